The van der Waals surface area contributed by atoms with Crippen LogP contribution in [0.4, 0.5) is 0 Å². The van der Waals surface area contributed by atoms with E-state index in [9.17, 15) is 4.79 Å². The summed E-state index contributed by atoms with van der Waals surface area (Å²) in [6.45, 7) is 2.97. The van der Waals surface area contributed by atoms with Gasteiger partial charge in [-0.1, -0.05) is 0 Å². The first-order valence-electron chi connectivity index (χ1n) is 2.84. The molecule has 0 fully saturated rings. The van der Waals surface area contributed by atoms with E-state index in [0.29, 0.717) is 0 Å². The molecule has 0 aliphatic rings. The Morgan fingerprint density at radius 1 is 1.36 bits per heavy atom. The molecule has 4 nitrogen and oxygen atoms in total. The first kappa shape index (κ1) is 13.8. The molecule has 0 aromatic rings. The summed E-state index contributed by atoms with van der Waals surface area (Å²) >= 11 is 0. The second-order valence-electron chi connectivity index (χ2n) is 1.86. The third-order valence-electron chi connectivity index (χ3n) is 1.07. The van der Waals surface area contributed by atoms with E-state index >= 15 is 0 Å². The molecule has 0 N–H and O–H groups in total. The fourth-order valence-corrected chi connectivity index (χ4v) is 1.28. The SMILES string of the molecule is CO[Si](C)(OC)OC(C)=O.[H-].[Li+]. The van der Waals surface area contributed by atoms with Crippen LogP contribution >= 0.6 is 0 Å². The Balaban J connectivity index is -0.000000405. The van der Waals surface area contributed by atoms with Crippen molar-refractivity contribution < 1.29 is 38.4 Å². The summed E-state index contributed by atoms with van der Waals surface area (Å²) in [5, 5.41) is 0. The van der Waals surface area contributed by atoms with E-state index in [2.05, 4.69) is 0 Å². The summed E-state index contributed by atoms with van der Waals surface area (Å²) in [6, 6.07) is 0. The van der Waals surface area contributed by atoms with Crippen molar-refractivity contribution in [1.82, 2.24) is 0 Å². The van der Waals surface area contributed by atoms with Gasteiger partial charge in [0.05, 0.1) is 0 Å². The van der Waals surface area contributed by atoms with Crippen molar-refractivity contribution in [3.63, 3.8) is 0 Å². The summed E-state index contributed by atoms with van der Waals surface area (Å²) in [6.07, 6.45) is 0. The number of rotatable bonds is 3. The molecule has 0 bridgehead atoms. The molecule has 0 aromatic heterocycles. The molecule has 11 heavy (non-hydrogen) atoms. The van der Waals surface area contributed by atoms with Crippen LogP contribution in [0.5, 0.6) is 0 Å². The first-order chi connectivity index (χ1) is 4.54. The number of carbonyl (C=O) groups is 1. The fraction of sp³-hybridized carbons (Fsp3) is 0.800. The van der Waals surface area contributed by atoms with Gasteiger partial charge in [0, 0.05) is 27.7 Å². The zero-order valence-corrected chi connectivity index (χ0v) is 8.63. The summed E-state index contributed by atoms with van der Waals surface area (Å²) in [5.74, 6) is -0.377. The number of hydrogen-bond acceptors (Lipinski definition) is 4. The molecule has 0 aliphatic heterocycles. The summed E-state index contributed by atoms with van der Waals surface area (Å²) < 4.78 is 14.5. The van der Waals surface area contributed by atoms with E-state index < -0.39 is 8.80 Å². The van der Waals surface area contributed by atoms with Crippen LogP contribution in [-0.2, 0) is 18.1 Å². The van der Waals surface area contributed by atoms with Crippen LogP contribution in [0.1, 0.15) is 8.35 Å². The van der Waals surface area contributed by atoms with Gasteiger partial charge < -0.3 is 14.7 Å². The zero-order valence-electron chi connectivity index (χ0n) is 8.63. The van der Waals surface area contributed by atoms with Gasteiger partial charge >= 0.3 is 27.7 Å². The van der Waals surface area contributed by atoms with Crippen molar-refractivity contribution >= 4 is 14.8 Å². The molecule has 0 spiro atoms. The van der Waals surface area contributed by atoms with Crippen LogP contribution in [0.3, 0.4) is 0 Å². The zero-order chi connectivity index (χ0) is 8.20. The quantitative estimate of drug-likeness (QED) is 0.442. The molecule has 62 valence electrons. The smallest absolute Gasteiger partial charge is 1.00 e. The van der Waals surface area contributed by atoms with Crippen LogP contribution < -0.4 is 18.9 Å². The van der Waals surface area contributed by atoms with Gasteiger partial charge in [-0.25, -0.2) is 0 Å². The molecule has 0 radical (unpaired) electrons. The van der Waals surface area contributed by atoms with E-state index in [0.717, 1.165) is 0 Å². The van der Waals surface area contributed by atoms with Crippen molar-refractivity contribution in [3.05, 3.63) is 0 Å². The Bertz CT molecular complexity index is 131. The number of carbonyl (C=O) groups excluding carboxylic acids is 1. The monoisotopic (exact) mass is 172 g/mol. The second-order valence-corrected chi connectivity index (χ2v) is 4.61. The normalized spacial score (nSPS) is 10.2. The van der Waals surface area contributed by atoms with E-state index in [1.54, 1.807) is 6.55 Å². The summed E-state index contributed by atoms with van der Waals surface area (Å²) in [7, 11) is 0.304. The van der Waals surface area contributed by atoms with Crippen LogP contribution in [0.25, 0.3) is 0 Å². The molecule has 0 atom stereocenters. The van der Waals surface area contributed by atoms with Crippen LogP contribution in [0.15, 0.2) is 0 Å². The maximum Gasteiger partial charge on any atom is 1.00 e. The minimum atomic E-state index is -2.61. The minimum Gasteiger partial charge on any atom is -1.00 e. The van der Waals surface area contributed by atoms with Gasteiger partial charge in [0.2, 0.25) is 0 Å². The standard InChI is InChI=1S/C5H12O4Si.Li.H/c1-5(6)9-10(4,7-2)8-3;;/h1-4H3;;/q;+1;-1. The van der Waals surface area contributed by atoms with Gasteiger partial charge in [0.15, 0.2) is 0 Å². The van der Waals surface area contributed by atoms with E-state index in [1.165, 1.54) is 21.1 Å². The molecule has 0 unspecified atom stereocenters. The molecule has 0 aliphatic carbocycles. The van der Waals surface area contributed by atoms with Crippen molar-refractivity contribution in [2.24, 2.45) is 0 Å². The summed E-state index contributed by atoms with van der Waals surface area (Å²) in [4.78, 5) is 10.4. The molecule has 6 heteroatoms. The van der Waals surface area contributed by atoms with Gasteiger partial charge in [-0.15, -0.1) is 0 Å². The molecule has 0 rings (SSSR count). The minimum absolute atomic E-state index is 0. The molecular formula is C5H13LiO4Si. The van der Waals surface area contributed by atoms with E-state index in [1.807, 2.05) is 0 Å². The Morgan fingerprint density at radius 2 is 1.73 bits per heavy atom. The Labute approximate surface area is 81.2 Å². The molecule has 0 saturated carbocycles. The van der Waals surface area contributed by atoms with E-state index in [-0.39, 0.29) is 26.3 Å². The van der Waals surface area contributed by atoms with Crippen molar-refractivity contribution in [3.8, 4) is 0 Å². The van der Waals surface area contributed by atoms with Gasteiger partial charge in [0.25, 0.3) is 5.97 Å². The third-order valence-corrected chi connectivity index (χ3v) is 3.21. The van der Waals surface area contributed by atoms with Crippen molar-refractivity contribution in [1.29, 1.82) is 0 Å². The first-order valence-corrected chi connectivity index (χ1v) is 5.06. The van der Waals surface area contributed by atoms with Gasteiger partial charge in [-0.05, 0) is 0 Å². The average molecular weight is 172 g/mol. The van der Waals surface area contributed by atoms with Gasteiger partial charge in [-0.3, -0.25) is 4.79 Å². The van der Waals surface area contributed by atoms with Crippen LogP contribution in [0.2, 0.25) is 6.55 Å². The summed E-state index contributed by atoms with van der Waals surface area (Å²) in [5.41, 5.74) is 0. The average Bonchev–Trinajstić information content (AvgIpc) is 1.87. The molecule has 0 heterocycles. The van der Waals surface area contributed by atoms with E-state index in [4.69, 9.17) is 13.3 Å². The Kier molecular flexibility index (Phi) is 7.27. The third kappa shape index (κ3) is 5.47. The maximum absolute atomic E-state index is 10.4. The maximum atomic E-state index is 10.4. The Morgan fingerprint density at radius 3 is 1.82 bits per heavy atom. The fourth-order valence-electron chi connectivity index (χ4n) is 0.428. The molecule has 0 amide bonds. The number of hydrogen-bond donors (Lipinski definition) is 0. The van der Waals surface area contributed by atoms with Gasteiger partial charge in [0.1, 0.15) is 0 Å². The molecular weight excluding hydrogens is 159 g/mol. The second kappa shape index (κ2) is 5.80. The van der Waals surface area contributed by atoms with Gasteiger partial charge in [-0.2, -0.15) is 0 Å². The predicted molar refractivity (Wildman–Crippen MR) is 38.5 cm³/mol. The molecule has 0 saturated heterocycles. The molecule has 0 aromatic carbocycles. The van der Waals surface area contributed by atoms with Crippen LogP contribution in [-0.4, -0.2) is 29.0 Å². The Hall–Kier alpha value is 0.204. The van der Waals surface area contributed by atoms with Crippen molar-refractivity contribution in [2.45, 2.75) is 13.5 Å². The van der Waals surface area contributed by atoms with Crippen molar-refractivity contribution in [2.75, 3.05) is 14.2 Å². The largest absolute Gasteiger partial charge is 1.00 e. The van der Waals surface area contributed by atoms with Crippen LogP contribution in [0, 0.1) is 0 Å². The predicted octanol–water partition coefficient (Wildman–Crippen LogP) is -2.47. The topological polar surface area (TPSA) is 44.8 Å².